The van der Waals surface area contributed by atoms with E-state index in [-0.39, 0.29) is 12.3 Å². The second-order valence-corrected chi connectivity index (χ2v) is 15.6. The summed E-state index contributed by atoms with van der Waals surface area (Å²) >= 11 is 0. The van der Waals surface area contributed by atoms with Crippen molar-refractivity contribution in [3.63, 3.8) is 0 Å². The van der Waals surface area contributed by atoms with Crippen LogP contribution >= 0.6 is 0 Å². The molecule has 4 heterocycles. The molecular weight excluding hydrogens is 577 g/mol. The van der Waals surface area contributed by atoms with E-state index in [1.165, 1.54) is 3.97 Å². The summed E-state index contributed by atoms with van der Waals surface area (Å²) in [7, 11) is -2.86. The number of amides is 1. The summed E-state index contributed by atoms with van der Waals surface area (Å²) in [6.45, 7) is 11.7. The van der Waals surface area contributed by atoms with Gasteiger partial charge < -0.3 is 18.9 Å². The molecule has 2 fully saturated rings. The standard InChI is InChI=1S/C33H40BN3O6S/c1-31(2)32(3,4)43-34(42-31)26-9-7-16-33(5,19-26)44(39,40)37-21-28(27-10-8-17-35-29(27)37)24-11-13-25(14-12-24)30(38)36(6)20-23-15-18-41-22-23/h7-14,17,19,21,23H,15-16,18,20,22H2,1-6H3. The number of aromatic nitrogens is 2. The minimum absolute atomic E-state index is 0.0574. The van der Waals surface area contributed by atoms with Crippen LogP contribution in [-0.2, 0) is 24.1 Å². The molecule has 2 saturated heterocycles. The third-order valence-electron chi connectivity index (χ3n) is 9.56. The van der Waals surface area contributed by atoms with Crippen molar-refractivity contribution in [3.8, 4) is 11.1 Å². The van der Waals surface area contributed by atoms with Gasteiger partial charge in [0.1, 0.15) is 4.75 Å². The Kier molecular flexibility index (Phi) is 7.68. The van der Waals surface area contributed by atoms with Crippen LogP contribution in [0.4, 0.5) is 0 Å². The van der Waals surface area contributed by atoms with Crippen LogP contribution in [0.15, 0.2) is 72.5 Å². The van der Waals surface area contributed by atoms with Crippen molar-refractivity contribution in [1.82, 2.24) is 13.9 Å². The lowest BCUT2D eigenvalue weighted by atomic mass is 9.74. The first-order valence-corrected chi connectivity index (χ1v) is 16.6. The molecule has 0 spiro atoms. The SMILES string of the molecule is CN(CC1CCOC1)C(=O)c1ccc(-c2cn(S(=O)(=O)C3(C)C=C(B4OC(C)(C)C(C)(C)O4)C=CC3)c3ncccc23)cc1. The van der Waals surface area contributed by atoms with E-state index in [9.17, 15) is 13.2 Å². The number of fused-ring (bicyclic) bond motifs is 1. The van der Waals surface area contributed by atoms with Gasteiger partial charge in [0.15, 0.2) is 5.65 Å². The van der Waals surface area contributed by atoms with E-state index in [0.29, 0.717) is 41.1 Å². The maximum Gasteiger partial charge on any atom is 0.494 e. The first-order valence-electron chi connectivity index (χ1n) is 15.1. The topological polar surface area (TPSA) is 100.0 Å². The summed E-state index contributed by atoms with van der Waals surface area (Å²) in [4.78, 5) is 19.3. The first-order chi connectivity index (χ1) is 20.7. The van der Waals surface area contributed by atoms with Crippen LogP contribution in [0, 0.1) is 5.92 Å². The minimum Gasteiger partial charge on any atom is -0.399 e. The molecule has 0 saturated carbocycles. The van der Waals surface area contributed by atoms with Crippen molar-refractivity contribution >= 4 is 34.1 Å². The zero-order valence-corrected chi connectivity index (χ0v) is 27.1. The Morgan fingerprint density at radius 2 is 1.80 bits per heavy atom. The average molecular weight is 618 g/mol. The normalized spacial score (nSPS) is 24.5. The zero-order valence-electron chi connectivity index (χ0n) is 26.2. The van der Waals surface area contributed by atoms with Gasteiger partial charge in [0.05, 0.1) is 17.8 Å². The third kappa shape index (κ3) is 5.23. The van der Waals surface area contributed by atoms with E-state index in [4.69, 9.17) is 14.0 Å². The molecule has 2 atom stereocenters. The second-order valence-electron chi connectivity index (χ2n) is 13.4. The van der Waals surface area contributed by atoms with Gasteiger partial charge in [-0.05, 0) is 82.8 Å². The molecule has 1 aliphatic carbocycles. The quantitative estimate of drug-likeness (QED) is 0.333. The molecule has 0 bridgehead atoms. The fourth-order valence-corrected chi connectivity index (χ4v) is 7.73. The van der Waals surface area contributed by atoms with Gasteiger partial charge in [0.2, 0.25) is 10.0 Å². The van der Waals surface area contributed by atoms with E-state index >= 15 is 0 Å². The Morgan fingerprint density at radius 3 is 2.45 bits per heavy atom. The Morgan fingerprint density at radius 1 is 1.09 bits per heavy atom. The molecule has 2 aliphatic heterocycles. The molecule has 2 aromatic heterocycles. The third-order valence-corrected chi connectivity index (χ3v) is 11.8. The van der Waals surface area contributed by atoms with Crippen molar-refractivity contribution in [3.05, 3.63) is 78.1 Å². The fourth-order valence-electron chi connectivity index (χ4n) is 6.07. The molecule has 11 heteroatoms. The second kappa shape index (κ2) is 11.0. The number of hydrogen-bond donors (Lipinski definition) is 0. The van der Waals surface area contributed by atoms with Crippen LogP contribution < -0.4 is 0 Å². The van der Waals surface area contributed by atoms with Gasteiger partial charge in [-0.3, -0.25) is 4.79 Å². The molecule has 3 aliphatic rings. The number of carbonyl (C=O) groups excluding carboxylic acids is 1. The van der Waals surface area contributed by atoms with Gasteiger partial charge in [0, 0.05) is 55.0 Å². The number of nitrogens with zero attached hydrogens (tertiary/aromatic N) is 3. The molecule has 232 valence electrons. The van der Waals surface area contributed by atoms with Crippen molar-refractivity contribution in [2.45, 2.75) is 63.4 Å². The summed E-state index contributed by atoms with van der Waals surface area (Å²) in [6, 6.07) is 11.0. The number of benzene rings is 1. The van der Waals surface area contributed by atoms with Gasteiger partial charge in [0.25, 0.3) is 5.91 Å². The number of ether oxygens (including phenoxy) is 1. The highest BCUT2D eigenvalue weighted by Gasteiger charge is 2.53. The summed E-state index contributed by atoms with van der Waals surface area (Å²) < 4.78 is 46.8. The van der Waals surface area contributed by atoms with Crippen molar-refractivity contribution in [1.29, 1.82) is 0 Å². The Balaban J connectivity index is 1.31. The van der Waals surface area contributed by atoms with Gasteiger partial charge in [-0.1, -0.05) is 30.4 Å². The van der Waals surface area contributed by atoms with Crippen LogP contribution in [-0.4, -0.2) is 78.1 Å². The van der Waals surface area contributed by atoms with Crippen LogP contribution in [0.3, 0.4) is 0 Å². The van der Waals surface area contributed by atoms with Crippen LogP contribution in [0.2, 0.25) is 0 Å². The maximum absolute atomic E-state index is 14.4. The lowest BCUT2D eigenvalue weighted by Gasteiger charge is -2.32. The average Bonchev–Trinajstić information content (AvgIpc) is 3.69. The first kappa shape index (κ1) is 30.8. The molecule has 44 heavy (non-hydrogen) atoms. The molecule has 3 aromatic rings. The van der Waals surface area contributed by atoms with E-state index in [0.717, 1.165) is 24.2 Å². The predicted octanol–water partition coefficient (Wildman–Crippen LogP) is 5.27. The maximum atomic E-state index is 14.4. The van der Waals surface area contributed by atoms with Crippen LogP contribution in [0.5, 0.6) is 0 Å². The monoisotopic (exact) mass is 617 g/mol. The summed E-state index contributed by atoms with van der Waals surface area (Å²) in [5.41, 5.74) is 2.02. The lowest BCUT2D eigenvalue weighted by Crippen LogP contribution is -2.41. The number of pyridine rings is 1. The molecule has 2 unspecified atom stereocenters. The smallest absolute Gasteiger partial charge is 0.399 e. The minimum atomic E-state index is -4.00. The molecule has 0 radical (unpaired) electrons. The van der Waals surface area contributed by atoms with Crippen LogP contribution in [0.25, 0.3) is 22.2 Å². The number of hydrogen-bond acceptors (Lipinski definition) is 7. The highest BCUT2D eigenvalue weighted by Crippen LogP contribution is 2.42. The van der Waals surface area contributed by atoms with E-state index < -0.39 is 33.1 Å². The highest BCUT2D eigenvalue weighted by molar-refractivity contribution is 7.91. The summed E-state index contributed by atoms with van der Waals surface area (Å²) in [5.74, 6) is 0.297. The fraction of sp³-hybridized carbons (Fsp3) is 0.455. The molecular formula is C33H40BN3O6S. The molecule has 6 rings (SSSR count). The largest absolute Gasteiger partial charge is 0.494 e. The zero-order chi connectivity index (χ0) is 31.5. The number of carbonyl (C=O) groups is 1. The molecule has 9 nitrogen and oxygen atoms in total. The number of rotatable bonds is 7. The van der Waals surface area contributed by atoms with E-state index in [1.807, 2.05) is 65.1 Å². The molecule has 0 N–H and O–H groups in total. The Bertz CT molecular complexity index is 1740. The summed E-state index contributed by atoms with van der Waals surface area (Å²) in [5, 5.41) is 0.707. The Labute approximate surface area is 260 Å². The molecule has 1 amide bonds. The summed E-state index contributed by atoms with van der Waals surface area (Å²) in [6.07, 6.45) is 10.00. The van der Waals surface area contributed by atoms with Gasteiger partial charge in [-0.25, -0.2) is 17.4 Å². The van der Waals surface area contributed by atoms with E-state index in [2.05, 4.69) is 4.98 Å². The van der Waals surface area contributed by atoms with Crippen molar-refractivity contribution in [2.24, 2.45) is 5.92 Å². The molecule has 1 aromatic carbocycles. The predicted molar refractivity (Wildman–Crippen MR) is 172 cm³/mol. The number of allylic oxidation sites excluding steroid dienone is 3. The van der Waals surface area contributed by atoms with Crippen LogP contribution in [0.1, 0.15) is 57.8 Å². The van der Waals surface area contributed by atoms with E-state index in [1.54, 1.807) is 48.5 Å². The Hall–Kier alpha value is -3.25. The van der Waals surface area contributed by atoms with Gasteiger partial charge in [-0.2, -0.15) is 0 Å². The van der Waals surface area contributed by atoms with Gasteiger partial charge in [-0.15, -0.1) is 0 Å². The van der Waals surface area contributed by atoms with Crippen molar-refractivity contribution in [2.75, 3.05) is 26.8 Å². The highest BCUT2D eigenvalue weighted by atomic mass is 32.2. The lowest BCUT2D eigenvalue weighted by molar-refractivity contribution is 0.00578. The van der Waals surface area contributed by atoms with Crippen molar-refractivity contribution < 1.29 is 27.3 Å². The van der Waals surface area contributed by atoms with Gasteiger partial charge >= 0.3 is 7.12 Å².